The molecule has 0 spiro atoms. The van der Waals surface area contributed by atoms with E-state index in [9.17, 15) is 0 Å². The largest absolute Gasteiger partial charge is 0.385 e. The first-order valence-corrected chi connectivity index (χ1v) is 6.88. The summed E-state index contributed by atoms with van der Waals surface area (Å²) in [5.74, 6) is 0. The Kier molecular flexibility index (Phi) is 10.5. The summed E-state index contributed by atoms with van der Waals surface area (Å²) in [7, 11) is 1.71. The number of rotatable bonds is 11. The lowest BCUT2D eigenvalue weighted by Crippen LogP contribution is -2.37. The van der Waals surface area contributed by atoms with Gasteiger partial charge in [-0.3, -0.25) is 4.90 Å². The van der Waals surface area contributed by atoms with E-state index in [1.165, 1.54) is 0 Å². The Morgan fingerprint density at radius 3 is 2.22 bits per heavy atom. The summed E-state index contributed by atoms with van der Waals surface area (Å²) in [6.07, 6.45) is 2.04. The molecule has 5 heteroatoms. The van der Waals surface area contributed by atoms with E-state index >= 15 is 0 Å². The highest BCUT2D eigenvalue weighted by molar-refractivity contribution is 4.61. The lowest BCUT2D eigenvalue weighted by Gasteiger charge is -2.26. The van der Waals surface area contributed by atoms with Crippen LogP contribution < -0.4 is 0 Å². The standard InChI is InChI=1S/C13H27NO4/c1-15-7-3-9-17-13-12-16-8-2-4-14-5-10-18-11-6-14/h2-13H2,1H3. The Bertz CT molecular complexity index is 174. The lowest BCUT2D eigenvalue weighted by atomic mass is 10.3. The maximum absolute atomic E-state index is 5.52. The molecular weight excluding hydrogens is 234 g/mol. The fraction of sp³-hybridized carbons (Fsp3) is 1.00. The zero-order valence-electron chi connectivity index (χ0n) is 11.6. The molecule has 108 valence electrons. The zero-order chi connectivity index (χ0) is 12.9. The van der Waals surface area contributed by atoms with E-state index in [-0.39, 0.29) is 0 Å². The first-order chi connectivity index (χ1) is 8.93. The second kappa shape index (κ2) is 11.9. The first kappa shape index (κ1) is 15.9. The summed E-state index contributed by atoms with van der Waals surface area (Å²) in [6, 6.07) is 0. The van der Waals surface area contributed by atoms with E-state index in [0.717, 1.165) is 65.5 Å². The summed E-state index contributed by atoms with van der Waals surface area (Å²) < 4.78 is 21.2. The molecule has 0 N–H and O–H groups in total. The third-order valence-corrected chi connectivity index (χ3v) is 2.88. The molecule has 0 amide bonds. The van der Waals surface area contributed by atoms with Gasteiger partial charge in [-0.15, -0.1) is 0 Å². The molecule has 1 heterocycles. The van der Waals surface area contributed by atoms with E-state index in [1.54, 1.807) is 7.11 Å². The van der Waals surface area contributed by atoms with E-state index in [0.29, 0.717) is 13.2 Å². The van der Waals surface area contributed by atoms with Gasteiger partial charge >= 0.3 is 0 Å². The molecule has 0 aromatic heterocycles. The van der Waals surface area contributed by atoms with E-state index in [2.05, 4.69) is 4.90 Å². The topological polar surface area (TPSA) is 40.2 Å². The molecule has 1 saturated heterocycles. The predicted molar refractivity (Wildman–Crippen MR) is 70.0 cm³/mol. The highest BCUT2D eigenvalue weighted by atomic mass is 16.5. The van der Waals surface area contributed by atoms with Crippen LogP contribution in [0.15, 0.2) is 0 Å². The summed E-state index contributed by atoms with van der Waals surface area (Å²) in [5, 5.41) is 0. The number of morpholine rings is 1. The van der Waals surface area contributed by atoms with Crippen LogP contribution in [0.25, 0.3) is 0 Å². The molecule has 1 fully saturated rings. The van der Waals surface area contributed by atoms with Crippen molar-refractivity contribution in [2.24, 2.45) is 0 Å². The Balaban J connectivity index is 1.73. The second-order valence-electron chi connectivity index (χ2n) is 4.38. The van der Waals surface area contributed by atoms with Crippen LogP contribution in [0.3, 0.4) is 0 Å². The minimum absolute atomic E-state index is 0.682. The van der Waals surface area contributed by atoms with Crippen LogP contribution >= 0.6 is 0 Å². The number of hydrogen-bond acceptors (Lipinski definition) is 5. The monoisotopic (exact) mass is 261 g/mol. The minimum atomic E-state index is 0.682. The van der Waals surface area contributed by atoms with Crippen LogP contribution in [0, 0.1) is 0 Å². The summed E-state index contributed by atoms with van der Waals surface area (Å²) in [4.78, 5) is 2.42. The Morgan fingerprint density at radius 2 is 1.56 bits per heavy atom. The molecule has 1 aliphatic rings. The third kappa shape index (κ3) is 8.83. The van der Waals surface area contributed by atoms with Gasteiger partial charge in [0.2, 0.25) is 0 Å². The average molecular weight is 261 g/mol. The Morgan fingerprint density at radius 1 is 0.889 bits per heavy atom. The summed E-state index contributed by atoms with van der Waals surface area (Å²) >= 11 is 0. The first-order valence-electron chi connectivity index (χ1n) is 6.88. The van der Waals surface area contributed by atoms with E-state index in [4.69, 9.17) is 18.9 Å². The van der Waals surface area contributed by atoms with Crippen molar-refractivity contribution < 1.29 is 18.9 Å². The van der Waals surface area contributed by atoms with Gasteiger partial charge in [0.25, 0.3) is 0 Å². The number of methoxy groups -OCH3 is 1. The fourth-order valence-electron chi connectivity index (χ4n) is 1.84. The average Bonchev–Trinajstić information content (AvgIpc) is 2.42. The summed E-state index contributed by atoms with van der Waals surface area (Å²) in [5.41, 5.74) is 0. The van der Waals surface area contributed by atoms with Crippen LogP contribution in [-0.2, 0) is 18.9 Å². The minimum Gasteiger partial charge on any atom is -0.385 e. The van der Waals surface area contributed by atoms with Crippen molar-refractivity contribution in [1.29, 1.82) is 0 Å². The third-order valence-electron chi connectivity index (χ3n) is 2.88. The van der Waals surface area contributed by atoms with Gasteiger partial charge < -0.3 is 18.9 Å². The van der Waals surface area contributed by atoms with Gasteiger partial charge in [-0.25, -0.2) is 0 Å². The number of ether oxygens (including phenoxy) is 4. The normalized spacial score (nSPS) is 17.2. The van der Waals surface area contributed by atoms with Crippen molar-refractivity contribution in [3.63, 3.8) is 0 Å². The molecule has 0 aromatic carbocycles. The van der Waals surface area contributed by atoms with Crippen LogP contribution in [-0.4, -0.2) is 77.9 Å². The Hall–Kier alpha value is -0.200. The quantitative estimate of drug-likeness (QED) is 0.514. The molecule has 0 saturated carbocycles. The van der Waals surface area contributed by atoms with Gasteiger partial charge in [0.1, 0.15) is 0 Å². The smallest absolute Gasteiger partial charge is 0.0700 e. The van der Waals surface area contributed by atoms with E-state index in [1.807, 2.05) is 0 Å². The van der Waals surface area contributed by atoms with Crippen molar-refractivity contribution in [2.45, 2.75) is 12.8 Å². The molecule has 1 aliphatic heterocycles. The molecule has 1 rings (SSSR count). The van der Waals surface area contributed by atoms with Crippen LogP contribution in [0.4, 0.5) is 0 Å². The predicted octanol–water partition coefficient (Wildman–Crippen LogP) is 0.778. The molecule has 0 unspecified atom stereocenters. The van der Waals surface area contributed by atoms with Gasteiger partial charge in [0, 0.05) is 46.6 Å². The highest BCUT2D eigenvalue weighted by Gasteiger charge is 2.08. The van der Waals surface area contributed by atoms with Gasteiger partial charge in [-0.05, 0) is 12.8 Å². The van der Waals surface area contributed by atoms with Gasteiger partial charge in [-0.2, -0.15) is 0 Å². The summed E-state index contributed by atoms with van der Waals surface area (Å²) in [6.45, 7) is 8.68. The van der Waals surface area contributed by atoms with Crippen molar-refractivity contribution in [3.05, 3.63) is 0 Å². The van der Waals surface area contributed by atoms with Crippen LogP contribution in [0.1, 0.15) is 12.8 Å². The van der Waals surface area contributed by atoms with Crippen molar-refractivity contribution in [2.75, 3.05) is 73.0 Å². The Labute approximate surface area is 110 Å². The van der Waals surface area contributed by atoms with Gasteiger partial charge in [-0.1, -0.05) is 0 Å². The number of nitrogens with zero attached hydrogens (tertiary/aromatic N) is 1. The molecule has 0 bridgehead atoms. The van der Waals surface area contributed by atoms with Crippen molar-refractivity contribution >= 4 is 0 Å². The SMILES string of the molecule is COCCCOCCOCCCN1CCOCC1. The zero-order valence-corrected chi connectivity index (χ0v) is 11.6. The number of hydrogen-bond donors (Lipinski definition) is 0. The highest BCUT2D eigenvalue weighted by Crippen LogP contribution is 1.98. The van der Waals surface area contributed by atoms with Gasteiger partial charge in [0.15, 0.2) is 0 Å². The van der Waals surface area contributed by atoms with Gasteiger partial charge in [0.05, 0.1) is 26.4 Å². The lowest BCUT2D eigenvalue weighted by molar-refractivity contribution is 0.0217. The van der Waals surface area contributed by atoms with Crippen LogP contribution in [0.5, 0.6) is 0 Å². The fourth-order valence-corrected chi connectivity index (χ4v) is 1.84. The molecular formula is C13H27NO4. The van der Waals surface area contributed by atoms with E-state index < -0.39 is 0 Å². The molecule has 5 nitrogen and oxygen atoms in total. The molecule has 0 aliphatic carbocycles. The van der Waals surface area contributed by atoms with Crippen LogP contribution in [0.2, 0.25) is 0 Å². The molecule has 0 atom stereocenters. The second-order valence-corrected chi connectivity index (χ2v) is 4.38. The molecule has 18 heavy (non-hydrogen) atoms. The molecule has 0 aromatic rings. The van der Waals surface area contributed by atoms with Crippen molar-refractivity contribution in [1.82, 2.24) is 4.90 Å². The van der Waals surface area contributed by atoms with Crippen molar-refractivity contribution in [3.8, 4) is 0 Å². The maximum Gasteiger partial charge on any atom is 0.0700 e. The molecule has 0 radical (unpaired) electrons. The maximum atomic E-state index is 5.52.